The first-order valence-electron chi connectivity index (χ1n) is 6.65. The lowest BCUT2D eigenvalue weighted by atomic mass is 10.0. The quantitative estimate of drug-likeness (QED) is 0.813. The zero-order valence-electron chi connectivity index (χ0n) is 11.7. The average Bonchev–Trinajstić information content (AvgIpc) is 2.42. The lowest BCUT2D eigenvalue weighted by Gasteiger charge is -2.18. The van der Waals surface area contributed by atoms with Crippen LogP contribution in [-0.4, -0.2) is 4.98 Å². The molecule has 1 aromatic carbocycles. The summed E-state index contributed by atoms with van der Waals surface area (Å²) in [5.41, 5.74) is 10.1. The van der Waals surface area contributed by atoms with E-state index in [9.17, 15) is 0 Å². The Hall–Kier alpha value is -2.03. The number of nitrogens with zero attached hydrogens (tertiary/aromatic N) is 1. The van der Waals surface area contributed by atoms with Crippen LogP contribution in [0.25, 0.3) is 0 Å². The number of aromatic nitrogens is 1. The van der Waals surface area contributed by atoms with E-state index in [2.05, 4.69) is 43.2 Å². The molecule has 3 N–H and O–H groups in total. The summed E-state index contributed by atoms with van der Waals surface area (Å²) in [6.07, 6.45) is 1.81. The van der Waals surface area contributed by atoms with Crippen molar-refractivity contribution in [3.05, 3.63) is 53.9 Å². The first kappa shape index (κ1) is 13.4. The molecule has 0 amide bonds. The molecule has 0 radical (unpaired) electrons. The van der Waals surface area contributed by atoms with Crippen LogP contribution >= 0.6 is 0 Å². The van der Waals surface area contributed by atoms with E-state index >= 15 is 0 Å². The molecule has 100 valence electrons. The standard InChI is InChI=1S/C16H21N3/c1-11(2)13-7-8-14(17)16(10-13)19-12(3)15-6-4-5-9-18-15/h4-12,19H,17H2,1-3H3/t12-/m0/s1. The van der Waals surface area contributed by atoms with E-state index in [0.29, 0.717) is 5.92 Å². The van der Waals surface area contributed by atoms with Crippen molar-refractivity contribution >= 4 is 11.4 Å². The Bertz CT molecular complexity index is 535. The molecule has 2 rings (SSSR count). The van der Waals surface area contributed by atoms with Gasteiger partial charge in [-0.3, -0.25) is 4.98 Å². The number of rotatable bonds is 4. The molecular weight excluding hydrogens is 234 g/mol. The molecule has 0 saturated carbocycles. The lowest BCUT2D eigenvalue weighted by Crippen LogP contribution is -2.10. The normalized spacial score (nSPS) is 12.4. The Morgan fingerprint density at radius 1 is 1.11 bits per heavy atom. The Balaban J connectivity index is 2.21. The van der Waals surface area contributed by atoms with Gasteiger partial charge in [-0.25, -0.2) is 0 Å². The molecule has 0 spiro atoms. The molecule has 0 aliphatic rings. The fraction of sp³-hybridized carbons (Fsp3) is 0.312. The van der Waals surface area contributed by atoms with Crippen LogP contribution in [0, 0.1) is 0 Å². The largest absolute Gasteiger partial charge is 0.397 e. The van der Waals surface area contributed by atoms with Gasteiger partial charge < -0.3 is 11.1 Å². The van der Waals surface area contributed by atoms with Gasteiger partial charge >= 0.3 is 0 Å². The van der Waals surface area contributed by atoms with Crippen molar-refractivity contribution in [1.29, 1.82) is 0 Å². The van der Waals surface area contributed by atoms with Gasteiger partial charge in [-0.15, -0.1) is 0 Å². The number of nitrogens with two attached hydrogens (primary N) is 1. The molecule has 1 heterocycles. The van der Waals surface area contributed by atoms with Gasteiger partial charge in [0.15, 0.2) is 0 Å². The van der Waals surface area contributed by atoms with E-state index in [-0.39, 0.29) is 6.04 Å². The van der Waals surface area contributed by atoms with E-state index in [1.807, 2.05) is 24.3 Å². The van der Waals surface area contributed by atoms with E-state index in [0.717, 1.165) is 17.1 Å². The van der Waals surface area contributed by atoms with Crippen LogP contribution in [0.4, 0.5) is 11.4 Å². The zero-order valence-corrected chi connectivity index (χ0v) is 11.7. The second-order valence-electron chi connectivity index (χ2n) is 5.12. The van der Waals surface area contributed by atoms with Crippen molar-refractivity contribution in [2.45, 2.75) is 32.7 Å². The summed E-state index contributed by atoms with van der Waals surface area (Å²) >= 11 is 0. The predicted molar refractivity (Wildman–Crippen MR) is 81.2 cm³/mol. The smallest absolute Gasteiger partial charge is 0.0657 e. The Morgan fingerprint density at radius 2 is 1.89 bits per heavy atom. The summed E-state index contributed by atoms with van der Waals surface area (Å²) in [6.45, 7) is 6.44. The highest BCUT2D eigenvalue weighted by Gasteiger charge is 2.09. The van der Waals surface area contributed by atoms with Gasteiger partial charge in [0.2, 0.25) is 0 Å². The Labute approximate surface area is 114 Å². The van der Waals surface area contributed by atoms with Crippen LogP contribution in [0.2, 0.25) is 0 Å². The first-order valence-corrected chi connectivity index (χ1v) is 6.65. The lowest BCUT2D eigenvalue weighted by molar-refractivity contribution is 0.834. The molecule has 0 unspecified atom stereocenters. The van der Waals surface area contributed by atoms with Gasteiger partial charge in [0.25, 0.3) is 0 Å². The van der Waals surface area contributed by atoms with Gasteiger partial charge in [0, 0.05) is 6.20 Å². The summed E-state index contributed by atoms with van der Waals surface area (Å²) in [6, 6.07) is 12.2. The van der Waals surface area contributed by atoms with Crippen LogP contribution in [0.1, 0.15) is 44.0 Å². The molecular formula is C16H21N3. The molecule has 0 aliphatic heterocycles. The number of benzene rings is 1. The maximum atomic E-state index is 6.03. The topological polar surface area (TPSA) is 50.9 Å². The highest BCUT2D eigenvalue weighted by atomic mass is 15.0. The molecule has 19 heavy (non-hydrogen) atoms. The monoisotopic (exact) mass is 255 g/mol. The zero-order chi connectivity index (χ0) is 13.8. The van der Waals surface area contributed by atoms with Crippen molar-refractivity contribution < 1.29 is 0 Å². The molecule has 3 nitrogen and oxygen atoms in total. The van der Waals surface area contributed by atoms with Crippen molar-refractivity contribution in [2.24, 2.45) is 0 Å². The average molecular weight is 255 g/mol. The Morgan fingerprint density at radius 3 is 2.53 bits per heavy atom. The van der Waals surface area contributed by atoms with Crippen LogP contribution in [-0.2, 0) is 0 Å². The summed E-state index contributed by atoms with van der Waals surface area (Å²) in [7, 11) is 0. The van der Waals surface area contributed by atoms with E-state index < -0.39 is 0 Å². The number of nitrogens with one attached hydrogen (secondary N) is 1. The third kappa shape index (κ3) is 3.25. The van der Waals surface area contributed by atoms with Crippen LogP contribution in [0.15, 0.2) is 42.6 Å². The maximum Gasteiger partial charge on any atom is 0.0657 e. The fourth-order valence-electron chi connectivity index (χ4n) is 2.00. The molecule has 0 saturated heterocycles. The van der Waals surface area contributed by atoms with Gasteiger partial charge in [0.05, 0.1) is 23.1 Å². The molecule has 0 aliphatic carbocycles. The minimum absolute atomic E-state index is 0.130. The third-order valence-electron chi connectivity index (χ3n) is 3.25. The van der Waals surface area contributed by atoms with Crippen molar-refractivity contribution in [1.82, 2.24) is 4.98 Å². The number of nitrogen functional groups attached to an aromatic ring is 1. The minimum atomic E-state index is 0.130. The summed E-state index contributed by atoms with van der Waals surface area (Å²) < 4.78 is 0. The molecule has 0 bridgehead atoms. The van der Waals surface area contributed by atoms with Gasteiger partial charge in [-0.1, -0.05) is 26.0 Å². The predicted octanol–water partition coefficient (Wildman–Crippen LogP) is 3.96. The summed E-state index contributed by atoms with van der Waals surface area (Å²) in [4.78, 5) is 4.36. The minimum Gasteiger partial charge on any atom is -0.397 e. The second kappa shape index (κ2) is 5.74. The van der Waals surface area contributed by atoms with Crippen molar-refractivity contribution in [2.75, 3.05) is 11.1 Å². The highest BCUT2D eigenvalue weighted by molar-refractivity contribution is 5.67. The van der Waals surface area contributed by atoms with Gasteiger partial charge in [-0.05, 0) is 42.7 Å². The fourth-order valence-corrected chi connectivity index (χ4v) is 2.00. The second-order valence-corrected chi connectivity index (χ2v) is 5.12. The highest BCUT2D eigenvalue weighted by Crippen LogP contribution is 2.27. The summed E-state index contributed by atoms with van der Waals surface area (Å²) in [5.74, 6) is 0.492. The van der Waals surface area contributed by atoms with Crippen LogP contribution in [0.5, 0.6) is 0 Å². The number of hydrogen-bond acceptors (Lipinski definition) is 3. The number of pyridine rings is 1. The van der Waals surface area contributed by atoms with Crippen molar-refractivity contribution in [3.8, 4) is 0 Å². The number of anilines is 2. The SMILES string of the molecule is CC(C)c1ccc(N)c(N[C@@H](C)c2ccccn2)c1. The van der Waals surface area contributed by atoms with Crippen LogP contribution in [0.3, 0.4) is 0 Å². The van der Waals surface area contributed by atoms with Crippen molar-refractivity contribution in [3.63, 3.8) is 0 Å². The Kier molecular flexibility index (Phi) is 4.05. The van der Waals surface area contributed by atoms with E-state index in [1.54, 1.807) is 6.20 Å². The van der Waals surface area contributed by atoms with E-state index in [1.165, 1.54) is 5.56 Å². The maximum absolute atomic E-state index is 6.03. The third-order valence-corrected chi connectivity index (χ3v) is 3.25. The van der Waals surface area contributed by atoms with E-state index in [4.69, 9.17) is 5.73 Å². The molecule has 0 fully saturated rings. The molecule has 2 aromatic rings. The van der Waals surface area contributed by atoms with Crippen LogP contribution < -0.4 is 11.1 Å². The first-order chi connectivity index (χ1) is 9.08. The van der Waals surface area contributed by atoms with Gasteiger partial charge in [-0.2, -0.15) is 0 Å². The summed E-state index contributed by atoms with van der Waals surface area (Å²) in [5, 5.41) is 3.43. The molecule has 1 atom stereocenters. The number of hydrogen-bond donors (Lipinski definition) is 2. The van der Waals surface area contributed by atoms with Gasteiger partial charge in [0.1, 0.15) is 0 Å². The molecule has 1 aromatic heterocycles. The molecule has 3 heteroatoms.